The van der Waals surface area contributed by atoms with Crippen LogP contribution in [0.25, 0.3) is 22.1 Å². The number of furan rings is 1. The molecular weight excluding hydrogens is 424 g/mol. The van der Waals surface area contributed by atoms with Gasteiger partial charge >= 0.3 is 0 Å². The van der Waals surface area contributed by atoms with Crippen molar-refractivity contribution in [2.45, 2.75) is 13.1 Å². The SMILES string of the molecule is O=C(c1cccc2ccccc12)N1CCN(Cc2c[nH]cn2)c2ccc(-c3ccco3)cc2C1. The molecule has 0 bridgehead atoms. The lowest BCUT2D eigenvalue weighted by Gasteiger charge is -2.24. The van der Waals surface area contributed by atoms with Gasteiger partial charge in [-0.15, -0.1) is 0 Å². The van der Waals surface area contributed by atoms with E-state index in [9.17, 15) is 4.79 Å². The van der Waals surface area contributed by atoms with Gasteiger partial charge in [0, 0.05) is 42.6 Å². The molecule has 6 rings (SSSR count). The lowest BCUT2D eigenvalue weighted by molar-refractivity contribution is 0.0753. The Balaban J connectivity index is 1.39. The van der Waals surface area contributed by atoms with Gasteiger partial charge in [-0.1, -0.05) is 36.4 Å². The molecule has 0 saturated carbocycles. The number of nitrogens with zero attached hydrogens (tertiary/aromatic N) is 3. The molecule has 1 amide bonds. The molecule has 0 unspecified atom stereocenters. The number of imidazole rings is 1. The standard InChI is InChI=1S/C28H24N4O2/c33-28(25-8-3-6-20-5-1-2-7-24(20)25)32-13-12-31(18-23-16-29-19-30-23)26-11-10-21(15-22(26)17-32)27-9-4-14-34-27/h1-11,14-16,19H,12-13,17-18H2,(H,29,30). The molecule has 168 valence electrons. The van der Waals surface area contributed by atoms with Crippen LogP contribution < -0.4 is 4.90 Å². The van der Waals surface area contributed by atoms with E-state index in [0.29, 0.717) is 19.6 Å². The molecule has 1 aliphatic heterocycles. The number of rotatable bonds is 4. The number of hydrogen-bond acceptors (Lipinski definition) is 4. The van der Waals surface area contributed by atoms with Crippen molar-refractivity contribution in [3.8, 4) is 11.3 Å². The Kier molecular flexibility index (Phi) is 5.11. The zero-order valence-corrected chi connectivity index (χ0v) is 18.6. The molecule has 3 heterocycles. The molecule has 6 heteroatoms. The van der Waals surface area contributed by atoms with Crippen LogP contribution in [0.2, 0.25) is 0 Å². The Morgan fingerprint density at radius 2 is 1.91 bits per heavy atom. The average molecular weight is 449 g/mol. The summed E-state index contributed by atoms with van der Waals surface area (Å²) in [5, 5.41) is 2.06. The number of fused-ring (bicyclic) bond motifs is 2. The topological polar surface area (TPSA) is 65.4 Å². The van der Waals surface area contributed by atoms with E-state index in [4.69, 9.17) is 4.42 Å². The van der Waals surface area contributed by atoms with Crippen LogP contribution in [0.15, 0.2) is 96.0 Å². The maximum absolute atomic E-state index is 13.8. The van der Waals surface area contributed by atoms with Crippen LogP contribution in [0, 0.1) is 0 Å². The van der Waals surface area contributed by atoms with E-state index < -0.39 is 0 Å². The summed E-state index contributed by atoms with van der Waals surface area (Å²) < 4.78 is 5.64. The highest BCUT2D eigenvalue weighted by Crippen LogP contribution is 2.32. The van der Waals surface area contributed by atoms with E-state index in [1.807, 2.05) is 65.7 Å². The molecule has 3 aromatic carbocycles. The predicted octanol–water partition coefficient (Wildman–Crippen LogP) is 5.49. The van der Waals surface area contributed by atoms with Gasteiger partial charge in [-0.3, -0.25) is 4.79 Å². The Morgan fingerprint density at radius 1 is 1.00 bits per heavy atom. The number of carbonyl (C=O) groups excluding carboxylic acids is 1. The Morgan fingerprint density at radius 3 is 2.76 bits per heavy atom. The zero-order valence-electron chi connectivity index (χ0n) is 18.6. The number of carbonyl (C=O) groups is 1. The van der Waals surface area contributed by atoms with Crippen molar-refractivity contribution in [3.63, 3.8) is 0 Å². The first-order valence-corrected chi connectivity index (χ1v) is 11.4. The molecule has 0 aliphatic carbocycles. The van der Waals surface area contributed by atoms with E-state index in [-0.39, 0.29) is 5.91 Å². The third kappa shape index (κ3) is 3.73. The normalized spacial score (nSPS) is 13.6. The van der Waals surface area contributed by atoms with E-state index in [1.165, 1.54) is 0 Å². The highest BCUT2D eigenvalue weighted by atomic mass is 16.3. The molecule has 6 nitrogen and oxygen atoms in total. The molecule has 34 heavy (non-hydrogen) atoms. The fraction of sp³-hybridized carbons (Fsp3) is 0.143. The van der Waals surface area contributed by atoms with Gasteiger partial charge < -0.3 is 19.2 Å². The summed E-state index contributed by atoms with van der Waals surface area (Å²) in [4.78, 5) is 25.5. The molecule has 0 atom stereocenters. The summed E-state index contributed by atoms with van der Waals surface area (Å²) in [7, 11) is 0. The lowest BCUT2D eigenvalue weighted by Crippen LogP contribution is -2.35. The smallest absolute Gasteiger partial charge is 0.254 e. The molecule has 2 aromatic heterocycles. The average Bonchev–Trinajstić information content (AvgIpc) is 3.57. The summed E-state index contributed by atoms with van der Waals surface area (Å²) in [6.45, 7) is 2.55. The van der Waals surface area contributed by atoms with E-state index in [0.717, 1.165) is 51.1 Å². The Labute approximate surface area is 197 Å². The van der Waals surface area contributed by atoms with Gasteiger partial charge in [0.05, 0.1) is 24.8 Å². The second kappa shape index (κ2) is 8.56. The van der Waals surface area contributed by atoms with Crippen LogP contribution in [-0.2, 0) is 13.1 Å². The van der Waals surface area contributed by atoms with Gasteiger partial charge in [-0.05, 0) is 52.7 Å². The number of benzene rings is 3. The number of amides is 1. The van der Waals surface area contributed by atoms with E-state index in [1.54, 1.807) is 12.6 Å². The minimum Gasteiger partial charge on any atom is -0.464 e. The number of hydrogen-bond donors (Lipinski definition) is 1. The Hall–Kier alpha value is -4.32. The minimum atomic E-state index is 0.0489. The predicted molar refractivity (Wildman–Crippen MR) is 132 cm³/mol. The molecule has 0 saturated heterocycles. The van der Waals surface area contributed by atoms with Crippen LogP contribution in [-0.4, -0.2) is 33.9 Å². The fourth-order valence-corrected chi connectivity index (χ4v) is 4.76. The molecule has 0 fully saturated rings. The van der Waals surface area contributed by atoms with Crippen LogP contribution >= 0.6 is 0 Å². The second-order valence-corrected chi connectivity index (χ2v) is 8.56. The minimum absolute atomic E-state index is 0.0489. The number of H-pyrrole nitrogens is 1. The lowest BCUT2D eigenvalue weighted by atomic mass is 10.0. The van der Waals surface area contributed by atoms with Crippen molar-refractivity contribution in [2.75, 3.05) is 18.0 Å². The quantitative estimate of drug-likeness (QED) is 0.395. The van der Waals surface area contributed by atoms with Gasteiger partial charge in [0.1, 0.15) is 5.76 Å². The molecule has 1 N–H and O–H groups in total. The van der Waals surface area contributed by atoms with Crippen LogP contribution in [0.1, 0.15) is 21.6 Å². The van der Waals surface area contributed by atoms with Gasteiger partial charge in [0.25, 0.3) is 5.91 Å². The molecule has 1 aliphatic rings. The van der Waals surface area contributed by atoms with Crippen molar-refractivity contribution < 1.29 is 9.21 Å². The van der Waals surface area contributed by atoms with Crippen molar-refractivity contribution in [2.24, 2.45) is 0 Å². The Bertz CT molecular complexity index is 1440. The first kappa shape index (κ1) is 20.3. The fourth-order valence-electron chi connectivity index (χ4n) is 4.76. The maximum Gasteiger partial charge on any atom is 0.254 e. The third-order valence-electron chi connectivity index (χ3n) is 6.44. The first-order chi connectivity index (χ1) is 16.8. The maximum atomic E-state index is 13.8. The summed E-state index contributed by atoms with van der Waals surface area (Å²) in [5.41, 5.74) is 4.92. The number of aromatic amines is 1. The third-order valence-corrected chi connectivity index (χ3v) is 6.44. The zero-order chi connectivity index (χ0) is 22.9. The number of aromatic nitrogens is 2. The van der Waals surface area contributed by atoms with Gasteiger partial charge in [-0.2, -0.15) is 0 Å². The highest BCUT2D eigenvalue weighted by Gasteiger charge is 2.26. The summed E-state index contributed by atoms with van der Waals surface area (Å²) in [5.74, 6) is 0.866. The molecule has 5 aromatic rings. The van der Waals surface area contributed by atoms with Crippen LogP contribution in [0.3, 0.4) is 0 Å². The highest BCUT2D eigenvalue weighted by molar-refractivity contribution is 6.07. The summed E-state index contributed by atoms with van der Waals surface area (Å²) >= 11 is 0. The monoisotopic (exact) mass is 448 g/mol. The van der Waals surface area contributed by atoms with Crippen molar-refractivity contribution in [3.05, 3.63) is 108 Å². The second-order valence-electron chi connectivity index (χ2n) is 8.56. The molecule has 0 spiro atoms. The summed E-state index contributed by atoms with van der Waals surface area (Å²) in [6.07, 6.45) is 5.30. The molecule has 0 radical (unpaired) electrons. The van der Waals surface area contributed by atoms with Gasteiger partial charge in [-0.25, -0.2) is 4.98 Å². The first-order valence-electron chi connectivity index (χ1n) is 11.4. The van der Waals surface area contributed by atoms with Gasteiger partial charge in [0.15, 0.2) is 0 Å². The van der Waals surface area contributed by atoms with Crippen molar-refractivity contribution in [1.29, 1.82) is 0 Å². The molecular formula is C28H24N4O2. The largest absolute Gasteiger partial charge is 0.464 e. The van der Waals surface area contributed by atoms with Crippen molar-refractivity contribution >= 4 is 22.4 Å². The number of anilines is 1. The van der Waals surface area contributed by atoms with E-state index in [2.05, 4.69) is 33.1 Å². The van der Waals surface area contributed by atoms with Crippen LogP contribution in [0.4, 0.5) is 5.69 Å². The van der Waals surface area contributed by atoms with Crippen molar-refractivity contribution in [1.82, 2.24) is 14.9 Å². The van der Waals surface area contributed by atoms with E-state index >= 15 is 0 Å². The van der Waals surface area contributed by atoms with Gasteiger partial charge in [0.2, 0.25) is 0 Å². The summed E-state index contributed by atoms with van der Waals surface area (Å²) in [6, 6.07) is 24.2. The van der Waals surface area contributed by atoms with Crippen LogP contribution in [0.5, 0.6) is 0 Å². The number of nitrogens with one attached hydrogen (secondary N) is 1.